The summed E-state index contributed by atoms with van der Waals surface area (Å²) < 4.78 is 1.13. The van der Waals surface area contributed by atoms with E-state index in [1.165, 1.54) is 10.4 Å². The van der Waals surface area contributed by atoms with E-state index in [4.69, 9.17) is 0 Å². The number of nitrogens with one attached hydrogen (secondary N) is 1. The number of halogens is 1. The SMILES string of the molecule is CCNC(Cc1cncs1)c1cccc(Br)c1. The van der Waals surface area contributed by atoms with E-state index in [2.05, 4.69) is 57.4 Å². The molecule has 1 unspecified atom stereocenters. The molecule has 0 saturated heterocycles. The Kier molecular flexibility index (Phi) is 4.71. The fraction of sp³-hybridized carbons (Fsp3) is 0.308. The van der Waals surface area contributed by atoms with Crippen LogP contribution in [0, 0.1) is 0 Å². The molecular formula is C13H15BrN2S. The Morgan fingerprint density at radius 3 is 3.00 bits per heavy atom. The first kappa shape index (κ1) is 12.7. The molecule has 0 spiro atoms. The number of hydrogen-bond donors (Lipinski definition) is 1. The van der Waals surface area contributed by atoms with E-state index in [9.17, 15) is 0 Å². The van der Waals surface area contributed by atoms with Crippen molar-refractivity contribution in [3.63, 3.8) is 0 Å². The third-order valence-corrected chi connectivity index (χ3v) is 3.89. The summed E-state index contributed by atoms with van der Waals surface area (Å²) in [6.07, 6.45) is 2.95. The van der Waals surface area contributed by atoms with Gasteiger partial charge < -0.3 is 5.32 Å². The molecule has 0 aliphatic carbocycles. The van der Waals surface area contributed by atoms with Crippen molar-refractivity contribution in [2.75, 3.05) is 6.54 Å². The predicted octanol–water partition coefficient (Wildman–Crippen LogP) is 3.80. The largest absolute Gasteiger partial charge is 0.310 e. The van der Waals surface area contributed by atoms with Crippen molar-refractivity contribution in [3.05, 3.63) is 50.9 Å². The summed E-state index contributed by atoms with van der Waals surface area (Å²) >= 11 is 5.24. The minimum Gasteiger partial charge on any atom is -0.310 e. The lowest BCUT2D eigenvalue weighted by Gasteiger charge is -2.17. The lowest BCUT2D eigenvalue weighted by Crippen LogP contribution is -2.22. The summed E-state index contributed by atoms with van der Waals surface area (Å²) in [7, 11) is 0. The average molecular weight is 311 g/mol. The van der Waals surface area contributed by atoms with E-state index in [1.807, 2.05) is 11.7 Å². The summed E-state index contributed by atoms with van der Waals surface area (Å²) in [5.41, 5.74) is 3.20. The van der Waals surface area contributed by atoms with E-state index in [1.54, 1.807) is 11.3 Å². The first-order valence-electron chi connectivity index (χ1n) is 5.66. The third kappa shape index (κ3) is 3.63. The molecule has 2 aromatic rings. The zero-order valence-electron chi connectivity index (χ0n) is 9.69. The van der Waals surface area contributed by atoms with Gasteiger partial charge in [-0.25, -0.2) is 0 Å². The monoisotopic (exact) mass is 310 g/mol. The molecule has 2 rings (SSSR count). The molecule has 1 atom stereocenters. The quantitative estimate of drug-likeness (QED) is 0.908. The van der Waals surface area contributed by atoms with Gasteiger partial charge in [-0.05, 0) is 24.2 Å². The molecule has 1 aromatic heterocycles. The number of rotatable bonds is 5. The molecular weight excluding hydrogens is 296 g/mol. The van der Waals surface area contributed by atoms with E-state index >= 15 is 0 Å². The molecule has 1 aromatic carbocycles. The third-order valence-electron chi connectivity index (χ3n) is 2.59. The lowest BCUT2D eigenvalue weighted by atomic mass is 10.0. The van der Waals surface area contributed by atoms with Crippen molar-refractivity contribution in [2.45, 2.75) is 19.4 Å². The summed E-state index contributed by atoms with van der Waals surface area (Å²) in [5.74, 6) is 0. The zero-order chi connectivity index (χ0) is 12.1. The summed E-state index contributed by atoms with van der Waals surface area (Å²) in [6.45, 7) is 3.10. The molecule has 1 heterocycles. The molecule has 0 radical (unpaired) electrons. The standard InChI is InChI=1S/C13H15BrN2S/c1-2-16-13(7-12-8-15-9-17-12)10-4-3-5-11(14)6-10/h3-6,8-9,13,16H,2,7H2,1H3. The van der Waals surface area contributed by atoms with Crippen LogP contribution in [0.25, 0.3) is 0 Å². The van der Waals surface area contributed by atoms with E-state index in [-0.39, 0.29) is 0 Å². The van der Waals surface area contributed by atoms with Gasteiger partial charge in [-0.1, -0.05) is 35.0 Å². The second kappa shape index (κ2) is 6.28. The van der Waals surface area contributed by atoms with Gasteiger partial charge in [-0.2, -0.15) is 0 Å². The Morgan fingerprint density at radius 1 is 1.47 bits per heavy atom. The smallest absolute Gasteiger partial charge is 0.0794 e. The maximum absolute atomic E-state index is 4.13. The van der Waals surface area contributed by atoms with Crippen LogP contribution in [0.3, 0.4) is 0 Å². The van der Waals surface area contributed by atoms with Gasteiger partial charge in [0, 0.05) is 28.0 Å². The predicted molar refractivity (Wildman–Crippen MR) is 76.4 cm³/mol. The second-order valence-electron chi connectivity index (χ2n) is 3.84. The number of aromatic nitrogens is 1. The maximum atomic E-state index is 4.13. The highest BCUT2D eigenvalue weighted by molar-refractivity contribution is 9.10. The molecule has 0 bridgehead atoms. The fourth-order valence-corrected chi connectivity index (χ4v) is 2.88. The number of likely N-dealkylation sites (N-methyl/N-ethyl adjacent to an activating group) is 1. The van der Waals surface area contributed by atoms with E-state index in [0.29, 0.717) is 6.04 Å². The molecule has 2 nitrogen and oxygen atoms in total. The zero-order valence-corrected chi connectivity index (χ0v) is 12.1. The van der Waals surface area contributed by atoms with Gasteiger partial charge in [-0.15, -0.1) is 11.3 Å². The molecule has 1 N–H and O–H groups in total. The van der Waals surface area contributed by atoms with Crippen LogP contribution in [-0.4, -0.2) is 11.5 Å². The molecule has 0 saturated carbocycles. The molecule has 0 amide bonds. The molecule has 4 heteroatoms. The Hall–Kier alpha value is -0.710. The summed E-state index contributed by atoms with van der Waals surface area (Å²) in [6, 6.07) is 8.83. The lowest BCUT2D eigenvalue weighted by molar-refractivity contribution is 0.553. The molecule has 90 valence electrons. The van der Waals surface area contributed by atoms with Crippen LogP contribution in [-0.2, 0) is 6.42 Å². The minimum absolute atomic E-state index is 0.359. The van der Waals surface area contributed by atoms with Crippen LogP contribution in [0.2, 0.25) is 0 Å². The molecule has 0 aliphatic heterocycles. The fourth-order valence-electron chi connectivity index (χ4n) is 1.82. The number of benzene rings is 1. The van der Waals surface area contributed by atoms with Gasteiger partial charge >= 0.3 is 0 Å². The van der Waals surface area contributed by atoms with Crippen LogP contribution in [0.1, 0.15) is 23.4 Å². The van der Waals surface area contributed by atoms with Crippen molar-refractivity contribution in [1.29, 1.82) is 0 Å². The van der Waals surface area contributed by atoms with Gasteiger partial charge in [0.2, 0.25) is 0 Å². The van der Waals surface area contributed by atoms with Crippen LogP contribution in [0.15, 0.2) is 40.4 Å². The highest BCUT2D eigenvalue weighted by Gasteiger charge is 2.12. The van der Waals surface area contributed by atoms with Gasteiger partial charge in [-0.3, -0.25) is 4.98 Å². The summed E-state index contributed by atoms with van der Waals surface area (Å²) in [5, 5.41) is 3.52. The van der Waals surface area contributed by atoms with E-state index < -0.39 is 0 Å². The Balaban J connectivity index is 2.16. The van der Waals surface area contributed by atoms with Crippen LogP contribution in [0.4, 0.5) is 0 Å². The molecule has 0 aliphatic rings. The van der Waals surface area contributed by atoms with Crippen LogP contribution >= 0.6 is 27.3 Å². The van der Waals surface area contributed by atoms with E-state index in [0.717, 1.165) is 17.4 Å². The van der Waals surface area contributed by atoms with Crippen molar-refractivity contribution < 1.29 is 0 Å². The highest BCUT2D eigenvalue weighted by Crippen LogP contribution is 2.23. The van der Waals surface area contributed by atoms with Crippen LogP contribution in [0.5, 0.6) is 0 Å². The molecule has 17 heavy (non-hydrogen) atoms. The first-order valence-corrected chi connectivity index (χ1v) is 7.33. The number of hydrogen-bond acceptors (Lipinski definition) is 3. The topological polar surface area (TPSA) is 24.9 Å². The maximum Gasteiger partial charge on any atom is 0.0794 e. The summed E-state index contributed by atoms with van der Waals surface area (Å²) in [4.78, 5) is 5.44. The van der Waals surface area contributed by atoms with Gasteiger partial charge in [0.05, 0.1) is 5.51 Å². The Bertz CT molecular complexity index is 456. The minimum atomic E-state index is 0.359. The van der Waals surface area contributed by atoms with Crippen molar-refractivity contribution in [1.82, 2.24) is 10.3 Å². The number of thiazole rings is 1. The van der Waals surface area contributed by atoms with Crippen molar-refractivity contribution >= 4 is 27.3 Å². The number of nitrogens with zero attached hydrogens (tertiary/aromatic N) is 1. The Morgan fingerprint density at radius 2 is 2.35 bits per heavy atom. The molecule has 0 fully saturated rings. The van der Waals surface area contributed by atoms with Crippen molar-refractivity contribution in [3.8, 4) is 0 Å². The normalized spacial score (nSPS) is 12.6. The van der Waals surface area contributed by atoms with Crippen molar-refractivity contribution in [2.24, 2.45) is 0 Å². The highest BCUT2D eigenvalue weighted by atomic mass is 79.9. The van der Waals surface area contributed by atoms with Gasteiger partial charge in [0.25, 0.3) is 0 Å². The second-order valence-corrected chi connectivity index (χ2v) is 5.72. The average Bonchev–Trinajstić information content (AvgIpc) is 2.81. The first-order chi connectivity index (χ1) is 8.29. The van der Waals surface area contributed by atoms with Gasteiger partial charge in [0.15, 0.2) is 0 Å². The van der Waals surface area contributed by atoms with Gasteiger partial charge in [0.1, 0.15) is 0 Å². The Labute approximate surface area is 114 Å². The van der Waals surface area contributed by atoms with Crippen LogP contribution < -0.4 is 5.32 Å².